The summed E-state index contributed by atoms with van der Waals surface area (Å²) in [5, 5.41) is 8.36. The standard InChI is InChI=1S/C25H14F7N7O3/c26-11-6-14(27)18(15(28)7-11)38-9-13(23(41)34-20(10-3-4-10)25(30,31)32)19(40)12-8-16(29)24(35-22(12)38)42-39-17-2-1-5-33-21(17)36-37-39/h1-2,5-10,20H,3-4H2,(H,34,41)/t20-/m0/s1. The first-order valence-electron chi connectivity index (χ1n) is 12.1. The lowest BCUT2D eigenvalue weighted by atomic mass is 10.1. The minimum Gasteiger partial charge on any atom is -0.340 e. The van der Waals surface area contributed by atoms with Gasteiger partial charge in [-0.1, -0.05) is 4.85 Å². The summed E-state index contributed by atoms with van der Waals surface area (Å²) in [5.74, 6) is -9.03. The summed E-state index contributed by atoms with van der Waals surface area (Å²) >= 11 is 0. The van der Waals surface area contributed by atoms with E-state index in [1.54, 1.807) is 5.32 Å². The Bertz CT molecular complexity index is 1930. The second-order valence-corrected chi connectivity index (χ2v) is 9.34. The number of fused-ring (bicyclic) bond motifs is 2. The predicted octanol–water partition coefficient (Wildman–Crippen LogP) is 3.99. The summed E-state index contributed by atoms with van der Waals surface area (Å²) in [6, 6.07) is 1.74. The Balaban J connectivity index is 1.54. The molecule has 6 rings (SSSR count). The zero-order valence-electron chi connectivity index (χ0n) is 20.7. The lowest BCUT2D eigenvalue weighted by Crippen LogP contribution is -2.48. The molecule has 1 fully saturated rings. The minimum absolute atomic E-state index is 0.102. The molecule has 0 unspecified atom stereocenters. The molecule has 5 aromatic rings. The predicted molar refractivity (Wildman–Crippen MR) is 129 cm³/mol. The summed E-state index contributed by atoms with van der Waals surface area (Å²) in [6.07, 6.45) is -2.58. The summed E-state index contributed by atoms with van der Waals surface area (Å²) in [6.45, 7) is 0. The number of benzene rings is 1. The average Bonchev–Trinajstić information content (AvgIpc) is 3.68. The number of hydrogen-bond donors (Lipinski definition) is 1. The lowest BCUT2D eigenvalue weighted by Gasteiger charge is -2.21. The van der Waals surface area contributed by atoms with Crippen molar-refractivity contribution in [3.05, 3.63) is 81.8 Å². The van der Waals surface area contributed by atoms with Gasteiger partial charge in [0.2, 0.25) is 11.1 Å². The van der Waals surface area contributed by atoms with Crippen LogP contribution < -0.4 is 15.6 Å². The normalized spacial score (nSPS) is 14.4. The quantitative estimate of drug-likeness (QED) is 0.296. The molecule has 4 heterocycles. The number of aromatic nitrogens is 6. The molecule has 1 aliphatic rings. The van der Waals surface area contributed by atoms with Crippen LogP contribution in [0.1, 0.15) is 23.2 Å². The van der Waals surface area contributed by atoms with Gasteiger partial charge in [-0.05, 0) is 42.2 Å². The van der Waals surface area contributed by atoms with Crippen molar-refractivity contribution in [3.63, 3.8) is 0 Å². The molecule has 0 saturated heterocycles. The maximum atomic E-state index is 15.2. The Labute approximate surface area is 228 Å². The van der Waals surface area contributed by atoms with Gasteiger partial charge in [0.25, 0.3) is 11.8 Å². The number of carbonyl (C=O) groups is 1. The first kappa shape index (κ1) is 27.1. The molecule has 1 aromatic carbocycles. The number of hydrogen-bond acceptors (Lipinski definition) is 7. The van der Waals surface area contributed by atoms with Gasteiger partial charge >= 0.3 is 6.18 Å². The topological polar surface area (TPSA) is 117 Å². The van der Waals surface area contributed by atoms with E-state index in [0.717, 1.165) is 4.85 Å². The van der Waals surface area contributed by atoms with Crippen LogP contribution in [-0.4, -0.2) is 47.8 Å². The third kappa shape index (κ3) is 4.75. The fourth-order valence-electron chi connectivity index (χ4n) is 4.38. The smallest absolute Gasteiger partial charge is 0.340 e. The Hall–Kier alpha value is -5.09. The van der Waals surface area contributed by atoms with Gasteiger partial charge in [0.05, 0.1) is 5.39 Å². The van der Waals surface area contributed by atoms with Crippen LogP contribution in [0.25, 0.3) is 27.9 Å². The Morgan fingerprint density at radius 1 is 1.07 bits per heavy atom. The summed E-state index contributed by atoms with van der Waals surface area (Å²) in [7, 11) is 0. The summed E-state index contributed by atoms with van der Waals surface area (Å²) in [4.78, 5) is 40.1. The van der Waals surface area contributed by atoms with Crippen LogP contribution in [0.4, 0.5) is 30.7 Å². The molecule has 0 radical (unpaired) electrons. The van der Waals surface area contributed by atoms with Gasteiger partial charge in [-0.15, -0.1) is 5.10 Å². The van der Waals surface area contributed by atoms with Gasteiger partial charge < -0.3 is 10.2 Å². The highest BCUT2D eigenvalue weighted by atomic mass is 19.4. The Kier molecular flexibility index (Phi) is 6.31. The average molecular weight is 593 g/mol. The van der Waals surface area contributed by atoms with Crippen molar-refractivity contribution in [2.24, 2.45) is 5.92 Å². The molecule has 0 spiro atoms. The van der Waals surface area contributed by atoms with Crippen LogP contribution in [0.15, 0.2) is 47.5 Å². The second kappa shape index (κ2) is 9.78. The highest BCUT2D eigenvalue weighted by Gasteiger charge is 2.50. The monoisotopic (exact) mass is 593 g/mol. The zero-order valence-corrected chi connectivity index (χ0v) is 20.7. The molecule has 1 aliphatic carbocycles. The second-order valence-electron chi connectivity index (χ2n) is 9.34. The van der Waals surface area contributed by atoms with Crippen LogP contribution in [0.2, 0.25) is 0 Å². The van der Waals surface area contributed by atoms with Crippen LogP contribution in [0.3, 0.4) is 0 Å². The molecular formula is C25H14F7N7O3. The molecule has 1 saturated carbocycles. The van der Waals surface area contributed by atoms with E-state index in [4.69, 9.17) is 4.84 Å². The molecule has 1 N–H and O–H groups in total. The third-order valence-electron chi connectivity index (χ3n) is 6.46. The van der Waals surface area contributed by atoms with E-state index in [0.29, 0.717) is 16.8 Å². The third-order valence-corrected chi connectivity index (χ3v) is 6.46. The summed E-state index contributed by atoms with van der Waals surface area (Å²) < 4.78 is 99.8. The van der Waals surface area contributed by atoms with E-state index < -0.39 is 80.9 Å². The van der Waals surface area contributed by atoms with Crippen molar-refractivity contribution in [2.45, 2.75) is 25.1 Å². The molecule has 10 nitrogen and oxygen atoms in total. The van der Waals surface area contributed by atoms with Crippen LogP contribution in [0, 0.1) is 29.2 Å². The van der Waals surface area contributed by atoms with Gasteiger partial charge in [0.1, 0.15) is 23.1 Å². The largest absolute Gasteiger partial charge is 0.408 e. The van der Waals surface area contributed by atoms with Crippen molar-refractivity contribution in [1.29, 1.82) is 0 Å². The van der Waals surface area contributed by atoms with E-state index >= 15 is 4.39 Å². The van der Waals surface area contributed by atoms with E-state index in [-0.39, 0.29) is 36.1 Å². The maximum absolute atomic E-state index is 15.2. The number of amides is 1. The van der Waals surface area contributed by atoms with Gasteiger partial charge in [-0.2, -0.15) is 18.2 Å². The molecule has 1 atom stereocenters. The highest BCUT2D eigenvalue weighted by Crippen LogP contribution is 2.40. The Morgan fingerprint density at radius 2 is 1.79 bits per heavy atom. The van der Waals surface area contributed by atoms with Gasteiger partial charge in [0, 0.05) is 24.5 Å². The first-order valence-corrected chi connectivity index (χ1v) is 12.1. The number of pyridine rings is 3. The lowest BCUT2D eigenvalue weighted by molar-refractivity contribution is -0.158. The number of alkyl halides is 3. The molecule has 1 amide bonds. The van der Waals surface area contributed by atoms with Crippen molar-refractivity contribution >= 4 is 28.1 Å². The highest BCUT2D eigenvalue weighted by molar-refractivity contribution is 5.97. The minimum atomic E-state index is -4.86. The van der Waals surface area contributed by atoms with Crippen molar-refractivity contribution in [2.75, 3.05) is 0 Å². The number of carbonyl (C=O) groups excluding carboxylic acids is 1. The van der Waals surface area contributed by atoms with Gasteiger partial charge in [-0.3, -0.25) is 14.2 Å². The molecule has 42 heavy (non-hydrogen) atoms. The van der Waals surface area contributed by atoms with E-state index in [1.807, 2.05) is 0 Å². The number of nitrogens with one attached hydrogen (secondary N) is 1. The fraction of sp³-hybridized carbons (Fsp3) is 0.200. The molecular weight excluding hydrogens is 579 g/mol. The summed E-state index contributed by atoms with van der Waals surface area (Å²) in [5.41, 5.74) is -3.80. The van der Waals surface area contributed by atoms with E-state index in [1.165, 1.54) is 18.3 Å². The van der Waals surface area contributed by atoms with Crippen LogP contribution in [0.5, 0.6) is 5.88 Å². The number of nitrogens with zero attached hydrogens (tertiary/aromatic N) is 6. The maximum Gasteiger partial charge on any atom is 0.408 e. The van der Waals surface area contributed by atoms with E-state index in [2.05, 4.69) is 20.3 Å². The fourth-order valence-corrected chi connectivity index (χ4v) is 4.38. The molecule has 0 bridgehead atoms. The zero-order chi connectivity index (χ0) is 29.9. The van der Waals surface area contributed by atoms with Crippen molar-refractivity contribution in [1.82, 2.24) is 35.0 Å². The number of rotatable bonds is 6. The molecule has 0 aliphatic heterocycles. The van der Waals surface area contributed by atoms with Gasteiger partial charge in [-0.25, -0.2) is 22.5 Å². The molecule has 17 heteroatoms. The van der Waals surface area contributed by atoms with E-state index in [9.17, 15) is 35.9 Å². The first-order chi connectivity index (χ1) is 19.9. The molecule has 216 valence electrons. The number of halogens is 7. The van der Waals surface area contributed by atoms with Gasteiger partial charge in [0.15, 0.2) is 28.6 Å². The molecule has 4 aromatic heterocycles. The SMILES string of the molecule is O=C(N[C@@H](C1CC1)C(F)(F)F)c1cn(-c2c(F)cc(F)cc2F)c2nc(On3nnc4ncccc43)c(F)cc2c1=O. The van der Waals surface area contributed by atoms with Crippen LogP contribution >= 0.6 is 0 Å². The van der Waals surface area contributed by atoms with Crippen molar-refractivity contribution in [3.8, 4) is 11.6 Å². The van der Waals surface area contributed by atoms with Crippen molar-refractivity contribution < 1.29 is 40.4 Å². The van der Waals surface area contributed by atoms with Crippen LogP contribution in [-0.2, 0) is 0 Å². The Morgan fingerprint density at radius 3 is 2.45 bits per heavy atom.